The number of nitrogens with one attached hydrogen (secondary N) is 1. The van der Waals surface area contributed by atoms with Crippen LogP contribution in [0.25, 0.3) is 0 Å². The van der Waals surface area contributed by atoms with Gasteiger partial charge in [-0.3, -0.25) is 4.79 Å². The fourth-order valence-electron chi connectivity index (χ4n) is 1.60. The van der Waals surface area contributed by atoms with Gasteiger partial charge < -0.3 is 5.32 Å². The summed E-state index contributed by atoms with van der Waals surface area (Å²) in [7, 11) is 0. The van der Waals surface area contributed by atoms with Gasteiger partial charge in [0.15, 0.2) is 0 Å². The maximum absolute atomic E-state index is 12.1. The fourth-order valence-corrected chi connectivity index (χ4v) is 2.86. The predicted octanol–water partition coefficient (Wildman–Crippen LogP) is 4.42. The van der Waals surface area contributed by atoms with Gasteiger partial charge in [0.05, 0.1) is 39.5 Å². The number of fused-ring (bicyclic) bond motifs is 1. The van der Waals surface area contributed by atoms with Gasteiger partial charge in [0, 0.05) is 0 Å². The van der Waals surface area contributed by atoms with Gasteiger partial charge in [-0.25, -0.2) is 9.97 Å². The number of aromatic nitrogens is 2. The zero-order chi connectivity index (χ0) is 15.0. The molecule has 6 nitrogen and oxygen atoms in total. The minimum absolute atomic E-state index is 0.0988. The van der Waals surface area contributed by atoms with Crippen LogP contribution in [0.3, 0.4) is 0 Å². The smallest absolute Gasteiger partial charge is 0.275 e. The summed E-state index contributed by atoms with van der Waals surface area (Å²) in [6, 6.07) is 1.50. The lowest BCUT2D eigenvalue weighted by molar-refractivity contribution is 0.102. The molecular weight excluding hydrogens is 357 g/mol. The van der Waals surface area contributed by atoms with Gasteiger partial charge in [-0.2, -0.15) is 8.73 Å². The number of carbonyl (C=O) groups is 1. The second-order valence-electron chi connectivity index (χ2n) is 3.86. The molecule has 10 heteroatoms. The Bertz CT molecular complexity index is 818. The Morgan fingerprint density at radius 1 is 1.05 bits per heavy atom. The zero-order valence-electron chi connectivity index (χ0n) is 9.97. The van der Waals surface area contributed by atoms with E-state index in [2.05, 4.69) is 24.0 Å². The summed E-state index contributed by atoms with van der Waals surface area (Å²) in [6.45, 7) is 0. The summed E-state index contributed by atoms with van der Waals surface area (Å²) in [5.74, 6) is -0.488. The fraction of sp³-hybridized carbons (Fsp3) is 0. The first kappa shape index (κ1) is 14.4. The van der Waals surface area contributed by atoms with Gasteiger partial charge in [0.1, 0.15) is 22.2 Å². The van der Waals surface area contributed by atoms with Crippen molar-refractivity contribution in [2.24, 2.45) is 8.73 Å². The summed E-state index contributed by atoms with van der Waals surface area (Å²) in [6.07, 6.45) is 2.54. The lowest BCUT2D eigenvalue weighted by Gasteiger charge is -2.10. The van der Waals surface area contributed by atoms with E-state index >= 15 is 0 Å². The minimum atomic E-state index is -0.488. The van der Waals surface area contributed by atoms with Crippen LogP contribution in [-0.4, -0.2) is 15.9 Å². The maximum Gasteiger partial charge on any atom is 0.275 e. The number of halogens is 3. The summed E-state index contributed by atoms with van der Waals surface area (Å²) >= 11 is 18.7. The molecule has 1 aliphatic heterocycles. The van der Waals surface area contributed by atoms with E-state index in [4.69, 9.17) is 34.8 Å². The maximum atomic E-state index is 12.1. The van der Waals surface area contributed by atoms with Crippen molar-refractivity contribution in [1.82, 2.24) is 9.97 Å². The molecule has 0 saturated carbocycles. The van der Waals surface area contributed by atoms with Crippen LogP contribution in [0.1, 0.15) is 10.5 Å². The van der Waals surface area contributed by atoms with Gasteiger partial charge in [-0.1, -0.05) is 34.8 Å². The topological polar surface area (TPSA) is 79.6 Å². The molecule has 1 N–H and O–H groups in total. The number of hydrogen-bond acceptors (Lipinski definition) is 5. The van der Waals surface area contributed by atoms with E-state index in [1.807, 2.05) is 0 Å². The highest BCUT2D eigenvalue weighted by Gasteiger charge is 2.21. The zero-order valence-corrected chi connectivity index (χ0v) is 13.1. The first-order valence-corrected chi connectivity index (χ1v) is 7.32. The third-order valence-corrected chi connectivity index (χ3v) is 3.85. The van der Waals surface area contributed by atoms with E-state index in [-0.39, 0.29) is 15.9 Å². The highest BCUT2D eigenvalue weighted by molar-refractivity contribution is 7.58. The quantitative estimate of drug-likeness (QED) is 0.735. The molecule has 0 fully saturated rings. The molecule has 0 atom stereocenters. The Kier molecular flexibility index (Phi) is 3.90. The lowest BCUT2D eigenvalue weighted by atomic mass is 10.2. The third-order valence-electron chi connectivity index (χ3n) is 2.54. The molecule has 2 heterocycles. The normalized spacial score (nSPS) is 12.0. The van der Waals surface area contributed by atoms with Crippen LogP contribution in [-0.2, 0) is 11.4 Å². The van der Waals surface area contributed by atoms with Crippen molar-refractivity contribution in [2.45, 2.75) is 0 Å². The summed E-state index contributed by atoms with van der Waals surface area (Å²) in [5, 5.41) is 3.46. The average molecular weight is 361 g/mol. The van der Waals surface area contributed by atoms with Gasteiger partial charge in [0.2, 0.25) is 0 Å². The Hall–Kier alpha value is -1.54. The van der Waals surface area contributed by atoms with Crippen molar-refractivity contribution in [3.05, 3.63) is 39.4 Å². The average Bonchev–Trinajstić information content (AvgIpc) is 2.93. The van der Waals surface area contributed by atoms with Gasteiger partial charge in [0.25, 0.3) is 5.91 Å². The van der Waals surface area contributed by atoms with Crippen molar-refractivity contribution in [2.75, 3.05) is 5.32 Å². The number of benzene rings is 1. The molecular formula is C11H4Cl3N5OS. The largest absolute Gasteiger partial charge is 0.317 e. The summed E-state index contributed by atoms with van der Waals surface area (Å²) < 4.78 is 8.15. The lowest BCUT2D eigenvalue weighted by Crippen LogP contribution is -2.14. The molecule has 0 aliphatic carbocycles. The molecule has 0 spiro atoms. The Balaban J connectivity index is 1.96. The van der Waals surface area contributed by atoms with E-state index in [0.29, 0.717) is 22.1 Å². The molecule has 1 amide bonds. The third kappa shape index (κ3) is 2.77. The van der Waals surface area contributed by atoms with E-state index in [9.17, 15) is 4.79 Å². The Labute approximate surface area is 137 Å². The molecule has 0 bridgehead atoms. The summed E-state index contributed by atoms with van der Waals surface area (Å²) in [4.78, 5) is 19.8. The van der Waals surface area contributed by atoms with Crippen molar-refractivity contribution >= 4 is 69.1 Å². The SMILES string of the molecule is O=C(Nc1c(Cl)cc(Cl)c2c1N=S=N2)c1cnc(Cl)cn1. The van der Waals surface area contributed by atoms with Crippen LogP contribution in [0.2, 0.25) is 15.2 Å². The second-order valence-corrected chi connectivity index (χ2v) is 5.59. The number of rotatable bonds is 2. The van der Waals surface area contributed by atoms with Crippen molar-refractivity contribution in [3.63, 3.8) is 0 Å². The van der Waals surface area contributed by atoms with Crippen LogP contribution in [0.15, 0.2) is 27.2 Å². The monoisotopic (exact) mass is 359 g/mol. The van der Waals surface area contributed by atoms with Crippen LogP contribution < -0.4 is 5.32 Å². The van der Waals surface area contributed by atoms with E-state index in [1.165, 1.54) is 18.5 Å². The van der Waals surface area contributed by atoms with Crippen molar-refractivity contribution in [3.8, 4) is 0 Å². The molecule has 3 rings (SSSR count). The van der Waals surface area contributed by atoms with E-state index < -0.39 is 5.91 Å². The van der Waals surface area contributed by atoms with Crippen molar-refractivity contribution < 1.29 is 4.79 Å². The molecule has 1 aromatic heterocycles. The van der Waals surface area contributed by atoms with Crippen molar-refractivity contribution in [1.29, 1.82) is 0 Å². The molecule has 21 heavy (non-hydrogen) atoms. The molecule has 2 aromatic rings. The molecule has 1 aliphatic rings. The molecule has 106 valence electrons. The van der Waals surface area contributed by atoms with Gasteiger partial charge in [-0.15, -0.1) is 0 Å². The van der Waals surface area contributed by atoms with Gasteiger partial charge in [-0.05, 0) is 6.07 Å². The molecule has 0 unspecified atom stereocenters. The Morgan fingerprint density at radius 2 is 1.81 bits per heavy atom. The van der Waals surface area contributed by atoms with Crippen LogP contribution >= 0.6 is 34.8 Å². The molecule has 1 aromatic carbocycles. The number of hydrogen-bond donors (Lipinski definition) is 1. The number of amides is 1. The number of anilines is 1. The highest BCUT2D eigenvalue weighted by atomic mass is 35.5. The van der Waals surface area contributed by atoms with Crippen LogP contribution in [0, 0.1) is 0 Å². The van der Waals surface area contributed by atoms with Crippen LogP contribution in [0.4, 0.5) is 17.1 Å². The molecule has 0 saturated heterocycles. The standard InChI is InChI=1S/C11H4Cl3N5OS/c12-4-1-5(13)9-10(19-21-18-9)8(4)17-11(20)6-2-16-7(14)3-15-6/h1-3H,(H,17,20). The summed E-state index contributed by atoms with van der Waals surface area (Å²) in [5.41, 5.74) is 1.32. The minimum Gasteiger partial charge on any atom is -0.317 e. The Morgan fingerprint density at radius 3 is 2.52 bits per heavy atom. The van der Waals surface area contributed by atoms with Crippen LogP contribution in [0.5, 0.6) is 0 Å². The molecule has 0 radical (unpaired) electrons. The predicted molar refractivity (Wildman–Crippen MR) is 83.0 cm³/mol. The van der Waals surface area contributed by atoms with E-state index in [1.54, 1.807) is 0 Å². The first-order chi connectivity index (χ1) is 10.1. The number of nitrogens with zero attached hydrogens (tertiary/aromatic N) is 4. The second kappa shape index (κ2) is 5.69. The first-order valence-electron chi connectivity index (χ1n) is 5.45. The number of carbonyl (C=O) groups excluding carboxylic acids is 1. The highest BCUT2D eigenvalue weighted by Crippen LogP contribution is 2.47. The van der Waals surface area contributed by atoms with E-state index in [0.717, 1.165) is 11.4 Å². The van der Waals surface area contributed by atoms with Gasteiger partial charge >= 0.3 is 0 Å².